The van der Waals surface area contributed by atoms with Crippen molar-refractivity contribution in [1.29, 1.82) is 0 Å². The summed E-state index contributed by atoms with van der Waals surface area (Å²) in [5.74, 6) is -4.34. The Morgan fingerprint density at radius 1 is 1.65 bits per heavy atom. The van der Waals surface area contributed by atoms with Crippen LogP contribution in [0.5, 0.6) is 0 Å². The molecule has 2 atom stereocenters. The number of aliphatic hydroxyl groups is 1. The van der Waals surface area contributed by atoms with E-state index in [1.54, 1.807) is 12.4 Å². The second-order valence-electron chi connectivity index (χ2n) is 4.80. The van der Waals surface area contributed by atoms with Crippen LogP contribution in [0.15, 0.2) is 12.4 Å². The second-order valence-corrected chi connectivity index (χ2v) is 4.80. The van der Waals surface area contributed by atoms with Gasteiger partial charge in [0.15, 0.2) is 0 Å². The number of halogens is 2. The molecule has 0 saturated carbocycles. The van der Waals surface area contributed by atoms with Crippen LogP contribution in [0.25, 0.3) is 0 Å². The number of aromatic amines is 1. The molecule has 6 nitrogen and oxygen atoms in total. The lowest BCUT2D eigenvalue weighted by molar-refractivity contribution is -0.137. The van der Waals surface area contributed by atoms with E-state index in [1.807, 2.05) is 0 Å². The first-order valence-corrected chi connectivity index (χ1v) is 6.40. The van der Waals surface area contributed by atoms with Gasteiger partial charge in [-0.05, 0) is 12.8 Å². The van der Waals surface area contributed by atoms with E-state index in [4.69, 9.17) is 9.84 Å². The van der Waals surface area contributed by atoms with Crippen molar-refractivity contribution in [1.82, 2.24) is 15.5 Å². The predicted molar refractivity (Wildman–Crippen MR) is 65.0 cm³/mol. The molecule has 0 unspecified atom stereocenters. The number of alkyl halides is 2. The number of nitrogens with one attached hydrogen (secondary N) is 2. The average Bonchev–Trinajstić information content (AvgIpc) is 2.99. The van der Waals surface area contributed by atoms with Gasteiger partial charge in [-0.15, -0.1) is 0 Å². The van der Waals surface area contributed by atoms with Crippen LogP contribution in [0, 0.1) is 5.92 Å². The summed E-state index contributed by atoms with van der Waals surface area (Å²) in [4.78, 5) is 12.0. The Hall–Kier alpha value is -1.54. The summed E-state index contributed by atoms with van der Waals surface area (Å²) in [5, 5.41) is 17.1. The molecule has 20 heavy (non-hydrogen) atoms. The Kier molecular flexibility index (Phi) is 4.66. The number of hydrogen-bond acceptors (Lipinski definition) is 4. The van der Waals surface area contributed by atoms with E-state index < -0.39 is 37.0 Å². The normalized spacial score (nSPS) is 23.6. The molecule has 0 aromatic carbocycles. The molecule has 3 N–H and O–H groups in total. The third-order valence-electron chi connectivity index (χ3n) is 3.26. The quantitative estimate of drug-likeness (QED) is 0.741. The van der Waals surface area contributed by atoms with Gasteiger partial charge in [-0.3, -0.25) is 9.89 Å². The van der Waals surface area contributed by atoms with Crippen LogP contribution >= 0.6 is 0 Å². The van der Waals surface area contributed by atoms with Crippen molar-refractivity contribution in [2.45, 2.75) is 24.9 Å². The number of rotatable bonds is 5. The highest BCUT2D eigenvalue weighted by Gasteiger charge is 2.35. The number of nitrogens with zero attached hydrogens (tertiary/aromatic N) is 1. The minimum atomic E-state index is -3.31. The van der Waals surface area contributed by atoms with Crippen molar-refractivity contribution in [3.05, 3.63) is 18.0 Å². The van der Waals surface area contributed by atoms with Crippen LogP contribution < -0.4 is 5.32 Å². The zero-order valence-corrected chi connectivity index (χ0v) is 10.8. The van der Waals surface area contributed by atoms with E-state index in [2.05, 4.69) is 15.5 Å². The van der Waals surface area contributed by atoms with Gasteiger partial charge in [0.05, 0.1) is 24.8 Å². The second kappa shape index (κ2) is 6.27. The van der Waals surface area contributed by atoms with E-state index in [0.717, 1.165) is 5.56 Å². The predicted octanol–water partition coefficient (Wildman–Crippen LogP) is 0.621. The molecule has 2 rings (SSSR count). The van der Waals surface area contributed by atoms with E-state index in [9.17, 15) is 13.6 Å². The lowest BCUT2D eigenvalue weighted by Crippen LogP contribution is -2.44. The number of carbonyl (C=O) groups excluding carboxylic acids is 1. The van der Waals surface area contributed by atoms with Crippen LogP contribution in [-0.4, -0.2) is 46.9 Å². The third-order valence-corrected chi connectivity index (χ3v) is 3.26. The van der Waals surface area contributed by atoms with Gasteiger partial charge in [-0.2, -0.15) is 5.10 Å². The van der Waals surface area contributed by atoms with Crippen molar-refractivity contribution in [2.24, 2.45) is 5.92 Å². The molecule has 112 valence electrons. The lowest BCUT2D eigenvalue weighted by atomic mass is 9.90. The van der Waals surface area contributed by atoms with Gasteiger partial charge in [0.2, 0.25) is 5.91 Å². The highest BCUT2D eigenvalue weighted by molar-refractivity contribution is 5.79. The van der Waals surface area contributed by atoms with Crippen molar-refractivity contribution in [3.8, 4) is 0 Å². The highest BCUT2D eigenvalue weighted by atomic mass is 19.3. The maximum atomic E-state index is 12.9. The Balaban J connectivity index is 1.99. The summed E-state index contributed by atoms with van der Waals surface area (Å²) in [7, 11) is 0. The summed E-state index contributed by atoms with van der Waals surface area (Å²) in [6.07, 6.45) is 3.96. The number of H-pyrrole nitrogens is 1. The SMILES string of the molecule is O=C(NCC(F)(F)CO)[C@@H]1CCCO[C@H]1c1cn[nH]c1. The molecule has 1 aromatic rings. The molecule has 8 heteroatoms. The topological polar surface area (TPSA) is 87.2 Å². The molecule has 1 fully saturated rings. The monoisotopic (exact) mass is 289 g/mol. The van der Waals surface area contributed by atoms with Crippen LogP contribution in [0.2, 0.25) is 0 Å². The van der Waals surface area contributed by atoms with Crippen molar-refractivity contribution in [2.75, 3.05) is 19.8 Å². The molecule has 1 aromatic heterocycles. The average molecular weight is 289 g/mol. The molecule has 0 aliphatic carbocycles. The van der Waals surface area contributed by atoms with Crippen molar-refractivity contribution >= 4 is 5.91 Å². The maximum Gasteiger partial charge on any atom is 0.287 e. The summed E-state index contributed by atoms with van der Waals surface area (Å²) < 4.78 is 31.4. The van der Waals surface area contributed by atoms with Crippen LogP contribution in [-0.2, 0) is 9.53 Å². The van der Waals surface area contributed by atoms with Gasteiger partial charge in [-0.1, -0.05) is 0 Å². The number of hydrogen-bond donors (Lipinski definition) is 3. The summed E-state index contributed by atoms with van der Waals surface area (Å²) in [6, 6.07) is 0. The standard InChI is InChI=1S/C12H17F2N3O3/c13-12(14,7-18)6-15-11(19)9-2-1-3-20-10(9)8-4-16-17-5-8/h4-5,9-10,18H,1-3,6-7H2,(H,15,19)(H,16,17)/t9-,10+/m1/s1. The zero-order valence-electron chi connectivity index (χ0n) is 10.8. The number of carbonyl (C=O) groups is 1. The fourth-order valence-corrected chi connectivity index (χ4v) is 2.20. The molecule has 1 aliphatic rings. The van der Waals surface area contributed by atoms with Gasteiger partial charge in [0, 0.05) is 18.4 Å². The molecule has 0 bridgehead atoms. The van der Waals surface area contributed by atoms with Gasteiger partial charge < -0.3 is 15.2 Å². The Bertz CT molecular complexity index is 439. The largest absolute Gasteiger partial charge is 0.390 e. The van der Waals surface area contributed by atoms with Crippen molar-refractivity contribution in [3.63, 3.8) is 0 Å². The number of amides is 1. The lowest BCUT2D eigenvalue weighted by Gasteiger charge is -2.30. The molecular formula is C12H17F2N3O3. The molecular weight excluding hydrogens is 272 g/mol. The zero-order chi connectivity index (χ0) is 14.6. The third kappa shape index (κ3) is 3.51. The maximum absolute atomic E-state index is 12.9. The Labute approximate surface area is 114 Å². The smallest absolute Gasteiger partial charge is 0.287 e. The number of ether oxygens (including phenoxy) is 1. The van der Waals surface area contributed by atoms with Crippen LogP contribution in [0.1, 0.15) is 24.5 Å². The van der Waals surface area contributed by atoms with E-state index in [1.165, 1.54) is 0 Å². The first-order valence-electron chi connectivity index (χ1n) is 6.40. The summed E-state index contributed by atoms with van der Waals surface area (Å²) in [5.41, 5.74) is 0.721. The van der Waals surface area contributed by atoms with Gasteiger partial charge >= 0.3 is 0 Å². The minimum absolute atomic E-state index is 0.481. The fraction of sp³-hybridized carbons (Fsp3) is 0.667. The highest BCUT2D eigenvalue weighted by Crippen LogP contribution is 2.33. The molecule has 2 heterocycles. The minimum Gasteiger partial charge on any atom is -0.390 e. The summed E-state index contributed by atoms with van der Waals surface area (Å²) in [6.45, 7) is -1.65. The number of aromatic nitrogens is 2. The van der Waals surface area contributed by atoms with Crippen LogP contribution in [0.3, 0.4) is 0 Å². The first-order chi connectivity index (χ1) is 9.53. The molecule has 1 aliphatic heterocycles. The van der Waals surface area contributed by atoms with Gasteiger partial charge in [-0.25, -0.2) is 8.78 Å². The van der Waals surface area contributed by atoms with Crippen molar-refractivity contribution < 1.29 is 23.4 Å². The Morgan fingerprint density at radius 2 is 2.45 bits per heavy atom. The van der Waals surface area contributed by atoms with Gasteiger partial charge in [0.1, 0.15) is 6.61 Å². The van der Waals surface area contributed by atoms with Gasteiger partial charge in [0.25, 0.3) is 5.92 Å². The van der Waals surface area contributed by atoms with E-state index >= 15 is 0 Å². The molecule has 1 amide bonds. The summed E-state index contributed by atoms with van der Waals surface area (Å²) >= 11 is 0. The number of aliphatic hydroxyl groups excluding tert-OH is 1. The molecule has 1 saturated heterocycles. The van der Waals surface area contributed by atoms with E-state index in [-0.39, 0.29) is 0 Å². The first kappa shape index (κ1) is 14.9. The molecule has 0 radical (unpaired) electrons. The van der Waals surface area contributed by atoms with Crippen LogP contribution in [0.4, 0.5) is 8.78 Å². The Morgan fingerprint density at radius 3 is 3.10 bits per heavy atom. The molecule has 0 spiro atoms. The van der Waals surface area contributed by atoms with E-state index in [0.29, 0.717) is 19.4 Å². The fourth-order valence-electron chi connectivity index (χ4n) is 2.20.